The number of aromatic nitrogens is 2. The van der Waals surface area contributed by atoms with Crippen molar-refractivity contribution in [1.82, 2.24) is 10.2 Å². The minimum Gasteiger partial charge on any atom is -0.502 e. The Morgan fingerprint density at radius 3 is 2.71 bits per heavy atom. The number of hydrazone groups is 1. The molecule has 1 heterocycles. The number of anilines is 1. The minimum atomic E-state index is -0.739. The molecule has 8 nitrogen and oxygen atoms in total. The van der Waals surface area contributed by atoms with Crippen molar-refractivity contribution >= 4 is 40.9 Å². The summed E-state index contributed by atoms with van der Waals surface area (Å²) >= 11 is 11.3. The molecule has 0 radical (unpaired) electrons. The number of nitro benzene ring substituents is 1. The van der Waals surface area contributed by atoms with Gasteiger partial charge in [-0.2, -0.15) is 5.10 Å². The molecule has 2 aromatic rings. The van der Waals surface area contributed by atoms with E-state index in [0.29, 0.717) is 5.82 Å². The predicted molar refractivity (Wildman–Crippen MR) is 78.0 cm³/mol. The highest BCUT2D eigenvalue weighted by Crippen LogP contribution is 2.32. The van der Waals surface area contributed by atoms with E-state index in [1.807, 2.05) is 0 Å². The van der Waals surface area contributed by atoms with Crippen molar-refractivity contribution in [1.29, 1.82) is 0 Å². The molecule has 108 valence electrons. The van der Waals surface area contributed by atoms with E-state index in [9.17, 15) is 15.2 Å². The summed E-state index contributed by atoms with van der Waals surface area (Å²) in [7, 11) is 0. The molecule has 0 saturated heterocycles. The molecule has 0 fully saturated rings. The van der Waals surface area contributed by atoms with Crippen LogP contribution in [-0.2, 0) is 0 Å². The van der Waals surface area contributed by atoms with Crippen LogP contribution in [0.3, 0.4) is 0 Å². The van der Waals surface area contributed by atoms with E-state index in [2.05, 4.69) is 20.7 Å². The number of benzene rings is 1. The number of rotatable bonds is 4. The van der Waals surface area contributed by atoms with Gasteiger partial charge in [0, 0.05) is 16.7 Å². The quantitative estimate of drug-likeness (QED) is 0.507. The van der Waals surface area contributed by atoms with Crippen LogP contribution in [0.4, 0.5) is 11.5 Å². The number of halogens is 2. The topological polar surface area (TPSA) is 114 Å². The van der Waals surface area contributed by atoms with Crippen molar-refractivity contribution in [2.75, 3.05) is 5.43 Å². The average molecular weight is 328 g/mol. The third-order valence-electron chi connectivity index (χ3n) is 2.30. The highest BCUT2D eigenvalue weighted by molar-refractivity contribution is 6.31. The van der Waals surface area contributed by atoms with E-state index in [4.69, 9.17) is 23.2 Å². The van der Waals surface area contributed by atoms with Crippen molar-refractivity contribution < 1.29 is 10.0 Å². The molecule has 0 aliphatic rings. The van der Waals surface area contributed by atoms with Crippen LogP contribution in [0.25, 0.3) is 0 Å². The number of phenols is 1. The van der Waals surface area contributed by atoms with E-state index < -0.39 is 16.4 Å². The molecule has 2 rings (SSSR count). The Kier molecular flexibility index (Phi) is 4.51. The van der Waals surface area contributed by atoms with Crippen LogP contribution in [0.15, 0.2) is 29.4 Å². The molecular formula is C11H7Cl2N5O3. The lowest BCUT2D eigenvalue weighted by Crippen LogP contribution is -1.96. The monoisotopic (exact) mass is 327 g/mol. The normalized spacial score (nSPS) is 10.8. The molecule has 0 atom stereocenters. The Hall–Kier alpha value is -2.45. The van der Waals surface area contributed by atoms with Crippen LogP contribution >= 0.6 is 23.2 Å². The zero-order valence-electron chi connectivity index (χ0n) is 10.2. The van der Waals surface area contributed by atoms with Gasteiger partial charge in [-0.1, -0.05) is 23.2 Å². The summed E-state index contributed by atoms with van der Waals surface area (Å²) in [5.41, 5.74) is 2.11. The summed E-state index contributed by atoms with van der Waals surface area (Å²) in [6, 6.07) is 5.43. The summed E-state index contributed by atoms with van der Waals surface area (Å²) in [5, 5.41) is 31.9. The number of hydrogen-bond donors (Lipinski definition) is 2. The highest BCUT2D eigenvalue weighted by Gasteiger charge is 2.17. The van der Waals surface area contributed by atoms with Crippen molar-refractivity contribution in [2.24, 2.45) is 5.10 Å². The first kappa shape index (κ1) is 14.9. The van der Waals surface area contributed by atoms with Gasteiger partial charge in [-0.15, -0.1) is 10.2 Å². The molecular weight excluding hydrogens is 321 g/mol. The molecule has 0 amide bonds. The lowest BCUT2D eigenvalue weighted by atomic mass is 10.2. The number of nitrogens with one attached hydrogen (secondary N) is 1. The highest BCUT2D eigenvalue weighted by atomic mass is 35.5. The van der Waals surface area contributed by atoms with E-state index in [1.54, 1.807) is 0 Å². The van der Waals surface area contributed by atoms with Crippen LogP contribution in [0.5, 0.6) is 5.75 Å². The largest absolute Gasteiger partial charge is 0.502 e. The Labute approximate surface area is 128 Å². The average Bonchev–Trinajstić information content (AvgIpc) is 2.44. The van der Waals surface area contributed by atoms with Gasteiger partial charge in [0.15, 0.2) is 11.0 Å². The SMILES string of the molecule is O=[N+]([O-])c1cc(Cl)cc(/C=N\Nc2ccc(Cl)nn2)c1O. The summed E-state index contributed by atoms with van der Waals surface area (Å²) in [5.74, 6) is -0.219. The Morgan fingerprint density at radius 1 is 1.33 bits per heavy atom. The zero-order valence-corrected chi connectivity index (χ0v) is 11.7. The van der Waals surface area contributed by atoms with Crippen LogP contribution in [-0.4, -0.2) is 26.4 Å². The van der Waals surface area contributed by atoms with Gasteiger partial charge in [-0.3, -0.25) is 15.5 Å². The van der Waals surface area contributed by atoms with Crippen LogP contribution in [0, 0.1) is 10.1 Å². The zero-order chi connectivity index (χ0) is 15.4. The lowest BCUT2D eigenvalue weighted by molar-refractivity contribution is -0.385. The minimum absolute atomic E-state index is 0.0867. The first-order chi connectivity index (χ1) is 9.97. The number of aromatic hydroxyl groups is 1. The third kappa shape index (κ3) is 3.77. The van der Waals surface area contributed by atoms with Crippen LogP contribution in [0.1, 0.15) is 5.56 Å². The fraction of sp³-hybridized carbons (Fsp3) is 0. The second kappa shape index (κ2) is 6.33. The fourth-order valence-electron chi connectivity index (χ4n) is 1.39. The summed E-state index contributed by atoms with van der Waals surface area (Å²) < 4.78 is 0. The lowest BCUT2D eigenvalue weighted by Gasteiger charge is -2.02. The molecule has 2 N–H and O–H groups in total. The third-order valence-corrected chi connectivity index (χ3v) is 2.72. The predicted octanol–water partition coefficient (Wildman–Crippen LogP) is 2.84. The van der Waals surface area contributed by atoms with E-state index in [-0.39, 0.29) is 15.7 Å². The Bertz CT molecular complexity index is 706. The van der Waals surface area contributed by atoms with Gasteiger partial charge < -0.3 is 5.11 Å². The second-order valence-corrected chi connectivity index (χ2v) is 4.55. The number of nitrogens with zero attached hydrogens (tertiary/aromatic N) is 4. The van der Waals surface area contributed by atoms with Gasteiger partial charge in [0.05, 0.1) is 11.1 Å². The molecule has 0 bridgehead atoms. The molecule has 0 saturated carbocycles. The number of nitro groups is 1. The van der Waals surface area contributed by atoms with E-state index in [1.165, 1.54) is 24.4 Å². The molecule has 1 aromatic heterocycles. The smallest absolute Gasteiger partial charge is 0.312 e. The maximum absolute atomic E-state index is 10.7. The summed E-state index contributed by atoms with van der Waals surface area (Å²) in [6.45, 7) is 0. The van der Waals surface area contributed by atoms with Gasteiger partial charge in [-0.05, 0) is 18.2 Å². The number of phenolic OH excluding ortho intramolecular Hbond substituents is 1. The number of hydrogen-bond acceptors (Lipinski definition) is 7. The van der Waals surface area contributed by atoms with Crippen molar-refractivity contribution in [3.63, 3.8) is 0 Å². The van der Waals surface area contributed by atoms with Crippen LogP contribution in [0.2, 0.25) is 10.2 Å². The molecule has 21 heavy (non-hydrogen) atoms. The van der Waals surface area contributed by atoms with E-state index >= 15 is 0 Å². The van der Waals surface area contributed by atoms with Crippen LogP contribution < -0.4 is 5.43 Å². The fourth-order valence-corrected chi connectivity index (χ4v) is 1.71. The van der Waals surface area contributed by atoms with E-state index in [0.717, 1.165) is 6.07 Å². The maximum Gasteiger partial charge on any atom is 0.312 e. The standard InChI is InChI=1S/C11H7Cl2N5O3/c12-7-3-6(11(19)8(4-7)18(20)21)5-14-16-10-2-1-9(13)15-17-10/h1-5,19H,(H,16,17)/b14-5-. The maximum atomic E-state index is 10.7. The molecule has 10 heteroatoms. The summed E-state index contributed by atoms with van der Waals surface area (Å²) in [6.07, 6.45) is 1.17. The molecule has 0 spiro atoms. The Morgan fingerprint density at radius 2 is 2.10 bits per heavy atom. The van der Waals surface area contributed by atoms with Gasteiger partial charge in [0.25, 0.3) is 0 Å². The first-order valence-electron chi connectivity index (χ1n) is 5.42. The molecule has 1 aromatic carbocycles. The first-order valence-corrected chi connectivity index (χ1v) is 6.18. The van der Waals surface area contributed by atoms with Gasteiger partial charge >= 0.3 is 5.69 Å². The van der Waals surface area contributed by atoms with Crippen molar-refractivity contribution in [3.05, 3.63) is 50.1 Å². The summed E-state index contributed by atoms with van der Waals surface area (Å²) in [4.78, 5) is 10.0. The molecule has 0 unspecified atom stereocenters. The molecule has 0 aliphatic heterocycles. The van der Waals surface area contributed by atoms with Gasteiger partial charge in [-0.25, -0.2) is 0 Å². The van der Waals surface area contributed by atoms with Gasteiger partial charge in [0.2, 0.25) is 5.75 Å². The molecule has 0 aliphatic carbocycles. The van der Waals surface area contributed by atoms with Crippen molar-refractivity contribution in [2.45, 2.75) is 0 Å². The van der Waals surface area contributed by atoms with Gasteiger partial charge in [0.1, 0.15) is 0 Å². The van der Waals surface area contributed by atoms with Crippen molar-refractivity contribution in [3.8, 4) is 5.75 Å². The Balaban J connectivity index is 2.21. The second-order valence-electron chi connectivity index (χ2n) is 3.73.